The molecule has 2 aromatic rings. The van der Waals surface area contributed by atoms with E-state index in [0.29, 0.717) is 12.2 Å². The molecule has 96 valence electrons. The molecule has 0 aliphatic rings. The van der Waals surface area contributed by atoms with Crippen molar-refractivity contribution in [3.05, 3.63) is 39.5 Å². The molecule has 18 heavy (non-hydrogen) atoms. The quantitative estimate of drug-likeness (QED) is 0.886. The molecule has 2 rings (SSSR count). The summed E-state index contributed by atoms with van der Waals surface area (Å²) in [5.41, 5.74) is 1.21. The van der Waals surface area contributed by atoms with Crippen LogP contribution in [0.5, 0.6) is 0 Å². The highest BCUT2D eigenvalue weighted by Crippen LogP contribution is 2.17. The maximum Gasteiger partial charge on any atom is 0.287 e. The Morgan fingerprint density at radius 1 is 1.50 bits per heavy atom. The van der Waals surface area contributed by atoms with E-state index in [2.05, 4.69) is 20.6 Å². The Bertz CT molecular complexity index is 576. The van der Waals surface area contributed by atoms with Gasteiger partial charge in [-0.25, -0.2) is 4.68 Å². The molecule has 0 unspecified atom stereocenters. The average Bonchev–Trinajstić information content (AvgIpc) is 2.83. The SMILES string of the molecule is CC(C)n1ncc(NCc2cn[nH]c2)c(Cl)c1=O. The molecule has 0 bridgehead atoms. The van der Waals surface area contributed by atoms with Crippen LogP contribution in [0.4, 0.5) is 5.69 Å². The first-order chi connectivity index (χ1) is 8.59. The van der Waals surface area contributed by atoms with Crippen molar-refractivity contribution in [1.82, 2.24) is 20.0 Å². The highest BCUT2D eigenvalue weighted by atomic mass is 35.5. The van der Waals surface area contributed by atoms with Gasteiger partial charge in [0.25, 0.3) is 5.56 Å². The second-order valence-electron chi connectivity index (χ2n) is 4.18. The van der Waals surface area contributed by atoms with E-state index in [4.69, 9.17) is 11.6 Å². The lowest BCUT2D eigenvalue weighted by molar-refractivity contribution is 0.503. The maximum atomic E-state index is 11.9. The van der Waals surface area contributed by atoms with Crippen LogP contribution in [-0.2, 0) is 6.54 Å². The number of nitrogens with one attached hydrogen (secondary N) is 2. The number of hydrogen-bond acceptors (Lipinski definition) is 4. The number of hydrogen-bond donors (Lipinski definition) is 2. The minimum atomic E-state index is -0.288. The van der Waals surface area contributed by atoms with Crippen molar-refractivity contribution >= 4 is 17.3 Å². The number of rotatable bonds is 4. The van der Waals surface area contributed by atoms with Crippen LogP contribution in [0.3, 0.4) is 0 Å². The van der Waals surface area contributed by atoms with Crippen LogP contribution < -0.4 is 10.9 Å². The number of anilines is 1. The zero-order valence-corrected chi connectivity index (χ0v) is 10.9. The minimum Gasteiger partial charge on any atom is -0.378 e. The second-order valence-corrected chi connectivity index (χ2v) is 4.55. The molecule has 0 atom stereocenters. The van der Waals surface area contributed by atoms with Gasteiger partial charge in [-0.15, -0.1) is 0 Å². The van der Waals surface area contributed by atoms with Gasteiger partial charge in [-0.05, 0) is 13.8 Å². The van der Waals surface area contributed by atoms with Crippen molar-refractivity contribution in [2.45, 2.75) is 26.4 Å². The van der Waals surface area contributed by atoms with E-state index in [-0.39, 0.29) is 16.6 Å². The van der Waals surface area contributed by atoms with E-state index >= 15 is 0 Å². The van der Waals surface area contributed by atoms with Crippen molar-refractivity contribution in [1.29, 1.82) is 0 Å². The fraction of sp³-hybridized carbons (Fsp3) is 0.364. The molecule has 2 heterocycles. The van der Waals surface area contributed by atoms with Crippen LogP contribution >= 0.6 is 11.6 Å². The van der Waals surface area contributed by atoms with Gasteiger partial charge in [-0.1, -0.05) is 11.6 Å². The summed E-state index contributed by atoms with van der Waals surface area (Å²) >= 11 is 6.02. The summed E-state index contributed by atoms with van der Waals surface area (Å²) < 4.78 is 1.35. The number of halogens is 1. The molecule has 0 fully saturated rings. The van der Waals surface area contributed by atoms with Crippen LogP contribution in [-0.4, -0.2) is 20.0 Å². The summed E-state index contributed by atoms with van der Waals surface area (Å²) in [6, 6.07) is -0.0158. The Hall–Kier alpha value is -1.82. The van der Waals surface area contributed by atoms with E-state index in [1.165, 1.54) is 4.68 Å². The van der Waals surface area contributed by atoms with E-state index in [1.54, 1.807) is 18.6 Å². The molecule has 0 amide bonds. The Kier molecular flexibility index (Phi) is 3.66. The third-order valence-electron chi connectivity index (χ3n) is 2.47. The summed E-state index contributed by atoms with van der Waals surface area (Å²) in [5, 5.41) is 13.8. The molecule has 0 radical (unpaired) electrons. The first-order valence-electron chi connectivity index (χ1n) is 5.58. The van der Waals surface area contributed by atoms with Crippen LogP contribution in [0.2, 0.25) is 5.02 Å². The van der Waals surface area contributed by atoms with Gasteiger partial charge in [0, 0.05) is 18.3 Å². The number of H-pyrrole nitrogens is 1. The Morgan fingerprint density at radius 3 is 2.89 bits per heavy atom. The monoisotopic (exact) mass is 267 g/mol. The molecule has 0 aromatic carbocycles. The molecular weight excluding hydrogens is 254 g/mol. The van der Waals surface area contributed by atoms with E-state index < -0.39 is 0 Å². The number of aromatic amines is 1. The average molecular weight is 268 g/mol. The summed E-state index contributed by atoms with van der Waals surface area (Å²) in [7, 11) is 0. The molecule has 2 N–H and O–H groups in total. The standard InChI is InChI=1S/C11H14ClN5O/c1-7(2)17-11(18)10(12)9(6-16-17)13-3-8-4-14-15-5-8/h4-7,13H,3H2,1-2H3,(H,14,15). The Balaban J connectivity index is 2.20. The third-order valence-corrected chi connectivity index (χ3v) is 2.84. The summed E-state index contributed by atoms with van der Waals surface area (Å²) in [6.07, 6.45) is 5.02. The van der Waals surface area contributed by atoms with Crippen molar-refractivity contribution in [3.63, 3.8) is 0 Å². The fourth-order valence-corrected chi connectivity index (χ4v) is 1.71. The highest BCUT2D eigenvalue weighted by Gasteiger charge is 2.10. The largest absolute Gasteiger partial charge is 0.378 e. The van der Waals surface area contributed by atoms with Crippen molar-refractivity contribution in [2.24, 2.45) is 0 Å². The Labute approximate surface area is 109 Å². The summed E-state index contributed by atoms with van der Waals surface area (Å²) in [6.45, 7) is 4.29. The molecule has 2 aromatic heterocycles. The van der Waals surface area contributed by atoms with Crippen LogP contribution in [0, 0.1) is 0 Å². The number of aromatic nitrogens is 4. The molecular formula is C11H14ClN5O. The topological polar surface area (TPSA) is 75.6 Å². The highest BCUT2D eigenvalue weighted by molar-refractivity contribution is 6.32. The first-order valence-corrected chi connectivity index (χ1v) is 5.96. The van der Waals surface area contributed by atoms with Gasteiger partial charge in [0.15, 0.2) is 0 Å². The van der Waals surface area contributed by atoms with Crippen LogP contribution in [0.25, 0.3) is 0 Å². The fourth-order valence-electron chi connectivity index (χ4n) is 1.51. The van der Waals surface area contributed by atoms with Gasteiger partial charge in [0.2, 0.25) is 0 Å². The van der Waals surface area contributed by atoms with E-state index in [0.717, 1.165) is 5.56 Å². The molecule has 0 saturated carbocycles. The van der Waals surface area contributed by atoms with Gasteiger partial charge in [0.1, 0.15) is 5.02 Å². The summed E-state index contributed by atoms with van der Waals surface area (Å²) in [5.74, 6) is 0. The number of nitrogens with zero attached hydrogens (tertiary/aromatic N) is 3. The lowest BCUT2D eigenvalue weighted by Gasteiger charge is -2.11. The normalized spacial score (nSPS) is 10.9. The van der Waals surface area contributed by atoms with Gasteiger partial charge in [0.05, 0.1) is 24.1 Å². The minimum absolute atomic E-state index is 0.0158. The smallest absolute Gasteiger partial charge is 0.287 e. The van der Waals surface area contributed by atoms with Gasteiger partial charge in [-0.3, -0.25) is 9.89 Å². The van der Waals surface area contributed by atoms with E-state index in [1.807, 2.05) is 13.8 Å². The zero-order valence-electron chi connectivity index (χ0n) is 10.1. The van der Waals surface area contributed by atoms with Crippen LogP contribution in [0.1, 0.15) is 25.5 Å². The molecule has 7 heteroatoms. The predicted octanol–water partition coefficient (Wildman–Crippen LogP) is 1.81. The molecule has 0 aliphatic carbocycles. The van der Waals surface area contributed by atoms with E-state index in [9.17, 15) is 4.79 Å². The maximum absolute atomic E-state index is 11.9. The zero-order chi connectivity index (χ0) is 13.1. The third kappa shape index (κ3) is 2.53. The summed E-state index contributed by atoms with van der Waals surface area (Å²) in [4.78, 5) is 11.9. The molecule has 0 saturated heterocycles. The van der Waals surface area contributed by atoms with Crippen LogP contribution in [0.15, 0.2) is 23.4 Å². The lowest BCUT2D eigenvalue weighted by atomic mass is 10.3. The van der Waals surface area contributed by atoms with Gasteiger partial charge in [-0.2, -0.15) is 10.2 Å². The second kappa shape index (κ2) is 5.22. The van der Waals surface area contributed by atoms with Crippen molar-refractivity contribution in [3.8, 4) is 0 Å². The molecule has 0 aliphatic heterocycles. The Morgan fingerprint density at radius 2 is 2.28 bits per heavy atom. The van der Waals surface area contributed by atoms with Gasteiger partial charge < -0.3 is 5.32 Å². The lowest BCUT2D eigenvalue weighted by Crippen LogP contribution is -2.25. The van der Waals surface area contributed by atoms with Crippen molar-refractivity contribution < 1.29 is 0 Å². The first kappa shape index (κ1) is 12.6. The van der Waals surface area contributed by atoms with Crippen molar-refractivity contribution in [2.75, 3.05) is 5.32 Å². The predicted molar refractivity (Wildman–Crippen MR) is 69.8 cm³/mol. The van der Waals surface area contributed by atoms with Gasteiger partial charge >= 0.3 is 0 Å². The molecule has 0 spiro atoms. The molecule has 6 nitrogen and oxygen atoms in total.